The molecule has 20 heavy (non-hydrogen) atoms. The molecule has 0 spiro atoms. The lowest BCUT2D eigenvalue weighted by Crippen LogP contribution is -2.31. The Morgan fingerprint density at radius 2 is 2.05 bits per heavy atom. The van der Waals surface area contributed by atoms with Crippen LogP contribution in [0.2, 0.25) is 0 Å². The summed E-state index contributed by atoms with van der Waals surface area (Å²) < 4.78 is 0. The van der Waals surface area contributed by atoms with Gasteiger partial charge in [-0.25, -0.2) is 10.8 Å². The molecule has 2 aromatic rings. The Morgan fingerprint density at radius 1 is 1.20 bits per heavy atom. The number of hydrogen-bond acceptors (Lipinski definition) is 8. The van der Waals surface area contributed by atoms with Gasteiger partial charge in [-0.15, -0.1) is 0 Å². The molecule has 1 aliphatic heterocycles. The van der Waals surface area contributed by atoms with Crippen molar-refractivity contribution in [3.63, 3.8) is 0 Å². The number of hydrogen-bond donors (Lipinski definition) is 3. The van der Waals surface area contributed by atoms with Crippen molar-refractivity contribution in [2.45, 2.75) is 29.6 Å². The molecule has 0 amide bonds. The number of aromatic amines is 1. The normalized spacial score (nSPS) is 15.3. The number of hydrazine groups is 1. The van der Waals surface area contributed by atoms with E-state index in [1.54, 1.807) is 12.4 Å². The zero-order valence-corrected chi connectivity index (χ0v) is 11.7. The molecule has 0 saturated carbocycles. The van der Waals surface area contributed by atoms with Crippen molar-refractivity contribution in [2.24, 2.45) is 5.84 Å². The minimum absolute atomic E-state index is 0.370. The predicted octanol–water partition coefficient (Wildman–Crippen LogP) is 1.02. The largest absolute Gasteiger partial charge is 0.341 e. The maximum absolute atomic E-state index is 5.44. The summed E-state index contributed by atoms with van der Waals surface area (Å²) in [6, 6.07) is 0. The number of rotatable bonds is 4. The van der Waals surface area contributed by atoms with Gasteiger partial charge in [0.25, 0.3) is 0 Å². The van der Waals surface area contributed by atoms with Crippen LogP contribution in [0, 0.1) is 0 Å². The second-order valence-electron chi connectivity index (χ2n) is 4.43. The highest BCUT2D eigenvalue weighted by Crippen LogP contribution is 2.24. The van der Waals surface area contributed by atoms with Crippen molar-refractivity contribution in [1.82, 2.24) is 24.9 Å². The fourth-order valence-electron chi connectivity index (χ4n) is 2.08. The molecule has 0 aliphatic carbocycles. The molecule has 2 aromatic heterocycles. The zero-order valence-electron chi connectivity index (χ0n) is 10.9. The summed E-state index contributed by atoms with van der Waals surface area (Å²) in [5.41, 5.74) is 2.49. The molecule has 0 unspecified atom stereocenters. The van der Waals surface area contributed by atoms with Gasteiger partial charge in [0, 0.05) is 25.5 Å². The summed E-state index contributed by atoms with van der Waals surface area (Å²) in [4.78, 5) is 22.4. The summed E-state index contributed by atoms with van der Waals surface area (Å²) in [5.74, 6) is 6.47. The van der Waals surface area contributed by atoms with Gasteiger partial charge in [-0.3, -0.25) is 5.43 Å². The van der Waals surface area contributed by atoms with Gasteiger partial charge in [-0.05, 0) is 31.0 Å². The number of nitrogen functional groups attached to an aromatic ring is 1. The topological polar surface area (TPSA) is 109 Å². The summed E-state index contributed by atoms with van der Waals surface area (Å²) in [7, 11) is 0. The molecule has 4 N–H and O–H groups in total. The van der Waals surface area contributed by atoms with E-state index < -0.39 is 0 Å². The fourth-order valence-corrected chi connectivity index (χ4v) is 2.76. The molecule has 3 heterocycles. The maximum atomic E-state index is 5.44. The second kappa shape index (κ2) is 6.06. The van der Waals surface area contributed by atoms with E-state index in [4.69, 9.17) is 5.84 Å². The molecule has 0 bridgehead atoms. The molecule has 0 atom stereocenters. The Labute approximate surface area is 120 Å². The predicted molar refractivity (Wildman–Crippen MR) is 76.4 cm³/mol. The van der Waals surface area contributed by atoms with Crippen molar-refractivity contribution in [2.75, 3.05) is 23.4 Å². The average molecular weight is 292 g/mol. The number of anilines is 2. The molecule has 3 rings (SSSR count). The lowest BCUT2D eigenvalue weighted by atomic mass is 10.1. The highest BCUT2D eigenvalue weighted by atomic mass is 32.2. The van der Waals surface area contributed by atoms with E-state index in [0.29, 0.717) is 17.1 Å². The standard InChI is InChI=1S/C11H16N8S/c12-18-8-15-9(19-6-2-1-3-7-19)17-11(16-8)20-10-13-4-5-14-10/h4-5H,1-3,6-7,12H2,(H,13,14)(H,15,16,17,18). The van der Waals surface area contributed by atoms with Gasteiger partial charge in [0.1, 0.15) is 0 Å². The van der Waals surface area contributed by atoms with E-state index in [-0.39, 0.29) is 0 Å². The van der Waals surface area contributed by atoms with Crippen LogP contribution >= 0.6 is 11.8 Å². The first-order chi connectivity index (χ1) is 9.85. The first kappa shape index (κ1) is 13.1. The number of nitrogens with zero attached hydrogens (tertiary/aromatic N) is 5. The number of aromatic nitrogens is 5. The van der Waals surface area contributed by atoms with Crippen LogP contribution in [-0.4, -0.2) is 38.0 Å². The molecular formula is C11H16N8S. The molecule has 1 aliphatic rings. The van der Waals surface area contributed by atoms with Crippen LogP contribution in [0.4, 0.5) is 11.9 Å². The zero-order chi connectivity index (χ0) is 13.8. The average Bonchev–Trinajstić information content (AvgIpc) is 3.00. The van der Waals surface area contributed by atoms with Crippen molar-refractivity contribution < 1.29 is 0 Å². The molecule has 8 nitrogen and oxygen atoms in total. The minimum Gasteiger partial charge on any atom is -0.341 e. The van der Waals surface area contributed by atoms with Gasteiger partial charge in [0.15, 0.2) is 5.16 Å². The first-order valence-electron chi connectivity index (χ1n) is 6.50. The van der Waals surface area contributed by atoms with Gasteiger partial charge >= 0.3 is 0 Å². The number of piperidine rings is 1. The third-order valence-electron chi connectivity index (χ3n) is 3.03. The summed E-state index contributed by atoms with van der Waals surface area (Å²) in [6.07, 6.45) is 7.04. The highest BCUT2D eigenvalue weighted by Gasteiger charge is 2.16. The molecule has 106 valence electrons. The third kappa shape index (κ3) is 2.99. The molecule has 9 heteroatoms. The van der Waals surface area contributed by atoms with Crippen LogP contribution in [-0.2, 0) is 0 Å². The Kier molecular flexibility index (Phi) is 3.97. The molecule has 1 saturated heterocycles. The number of H-pyrrole nitrogens is 1. The second-order valence-corrected chi connectivity index (χ2v) is 5.39. The van der Waals surface area contributed by atoms with Crippen LogP contribution in [0.1, 0.15) is 19.3 Å². The molecule has 0 aromatic carbocycles. The van der Waals surface area contributed by atoms with Gasteiger partial charge in [-0.2, -0.15) is 15.0 Å². The van der Waals surface area contributed by atoms with Gasteiger partial charge in [-0.1, -0.05) is 0 Å². The van der Waals surface area contributed by atoms with Gasteiger partial charge < -0.3 is 9.88 Å². The highest BCUT2D eigenvalue weighted by molar-refractivity contribution is 7.99. The minimum atomic E-state index is 0.370. The van der Waals surface area contributed by atoms with E-state index in [1.165, 1.54) is 18.2 Å². The lowest BCUT2D eigenvalue weighted by Gasteiger charge is -2.26. The van der Waals surface area contributed by atoms with E-state index in [2.05, 4.69) is 35.2 Å². The summed E-state index contributed by atoms with van der Waals surface area (Å²) >= 11 is 1.35. The van der Waals surface area contributed by atoms with Crippen LogP contribution in [0.15, 0.2) is 22.7 Å². The molecular weight excluding hydrogens is 276 g/mol. The number of nitrogens with one attached hydrogen (secondary N) is 2. The summed E-state index contributed by atoms with van der Waals surface area (Å²) in [5, 5.41) is 1.31. The monoisotopic (exact) mass is 292 g/mol. The number of imidazole rings is 1. The summed E-state index contributed by atoms with van der Waals surface area (Å²) in [6.45, 7) is 1.94. The van der Waals surface area contributed by atoms with E-state index in [1.807, 2.05) is 0 Å². The van der Waals surface area contributed by atoms with Crippen LogP contribution in [0.25, 0.3) is 0 Å². The quantitative estimate of drug-likeness (QED) is 0.566. The van der Waals surface area contributed by atoms with E-state index in [0.717, 1.165) is 31.1 Å². The van der Waals surface area contributed by atoms with Gasteiger partial charge in [0.05, 0.1) is 0 Å². The Balaban J connectivity index is 1.85. The Morgan fingerprint density at radius 3 is 2.75 bits per heavy atom. The van der Waals surface area contributed by atoms with Crippen molar-refractivity contribution in [3.8, 4) is 0 Å². The van der Waals surface area contributed by atoms with Gasteiger partial charge in [0.2, 0.25) is 17.1 Å². The maximum Gasteiger partial charge on any atom is 0.242 e. The molecule has 1 fully saturated rings. The lowest BCUT2D eigenvalue weighted by molar-refractivity contribution is 0.565. The molecule has 0 radical (unpaired) electrons. The van der Waals surface area contributed by atoms with Crippen molar-refractivity contribution >= 4 is 23.7 Å². The SMILES string of the molecule is NNc1nc(Sc2ncc[nH]2)nc(N2CCCCC2)n1. The Hall–Kier alpha value is -1.87. The Bertz CT molecular complexity index is 552. The first-order valence-corrected chi connectivity index (χ1v) is 7.31. The van der Waals surface area contributed by atoms with Crippen molar-refractivity contribution in [3.05, 3.63) is 12.4 Å². The third-order valence-corrected chi connectivity index (χ3v) is 3.81. The number of nitrogens with two attached hydrogens (primary N) is 1. The van der Waals surface area contributed by atoms with Crippen LogP contribution < -0.4 is 16.2 Å². The van der Waals surface area contributed by atoms with E-state index >= 15 is 0 Å². The fraction of sp³-hybridized carbons (Fsp3) is 0.455. The van der Waals surface area contributed by atoms with Crippen LogP contribution in [0.3, 0.4) is 0 Å². The van der Waals surface area contributed by atoms with Crippen molar-refractivity contribution in [1.29, 1.82) is 0 Å². The van der Waals surface area contributed by atoms with Crippen LogP contribution in [0.5, 0.6) is 0 Å². The smallest absolute Gasteiger partial charge is 0.242 e. The van der Waals surface area contributed by atoms with E-state index in [9.17, 15) is 0 Å².